The first-order valence-electron chi connectivity index (χ1n) is 12.4. The highest BCUT2D eigenvalue weighted by Crippen LogP contribution is 2.32. The molecule has 1 aliphatic heterocycles. The highest BCUT2D eigenvalue weighted by molar-refractivity contribution is 6.31. The van der Waals surface area contributed by atoms with Crippen molar-refractivity contribution in [3.8, 4) is 11.1 Å². The summed E-state index contributed by atoms with van der Waals surface area (Å²) >= 11 is 6.25. The van der Waals surface area contributed by atoms with Crippen molar-refractivity contribution in [3.63, 3.8) is 0 Å². The molecule has 1 saturated heterocycles. The Bertz CT molecular complexity index is 1230. The normalized spacial score (nSPS) is 14.3. The summed E-state index contributed by atoms with van der Waals surface area (Å²) in [7, 11) is 1.63. The van der Waals surface area contributed by atoms with Gasteiger partial charge in [-0.1, -0.05) is 41.9 Å². The molecule has 2 heterocycles. The van der Waals surface area contributed by atoms with Gasteiger partial charge in [0.05, 0.1) is 18.7 Å². The number of likely N-dealkylation sites (tertiary alicyclic amines) is 1. The SMILES string of the molecule is COCCC(=O)N1CCC(c2cccc(Cc3ccc(-c4cc(Cl)ccc4N(N)/C=N\N)cn3)c2)CC1. The Morgan fingerprint density at radius 1 is 1.22 bits per heavy atom. The Labute approximate surface area is 222 Å². The third kappa shape index (κ3) is 6.85. The zero-order valence-corrected chi connectivity index (χ0v) is 21.8. The Kier molecular flexibility index (Phi) is 9.11. The van der Waals surface area contributed by atoms with Crippen molar-refractivity contribution >= 4 is 29.5 Å². The summed E-state index contributed by atoms with van der Waals surface area (Å²) in [6.45, 7) is 2.07. The molecule has 194 valence electrons. The van der Waals surface area contributed by atoms with E-state index in [0.29, 0.717) is 29.7 Å². The van der Waals surface area contributed by atoms with E-state index < -0.39 is 0 Å². The van der Waals surface area contributed by atoms with Crippen molar-refractivity contribution in [2.75, 3.05) is 31.8 Å². The summed E-state index contributed by atoms with van der Waals surface area (Å²) in [6.07, 6.45) is 6.30. The minimum absolute atomic E-state index is 0.181. The van der Waals surface area contributed by atoms with Crippen molar-refractivity contribution in [1.82, 2.24) is 9.88 Å². The molecule has 0 radical (unpaired) electrons. The van der Waals surface area contributed by atoms with Crippen LogP contribution in [0, 0.1) is 0 Å². The Hall–Kier alpha value is -3.46. The predicted octanol–water partition coefficient (Wildman–Crippen LogP) is 4.32. The number of hydrazone groups is 1. The number of amides is 1. The van der Waals surface area contributed by atoms with E-state index in [2.05, 4.69) is 29.4 Å². The summed E-state index contributed by atoms with van der Waals surface area (Å²) < 4.78 is 5.04. The number of pyridine rings is 1. The minimum atomic E-state index is 0.181. The van der Waals surface area contributed by atoms with Crippen LogP contribution in [0.15, 0.2) is 65.9 Å². The number of piperidine rings is 1. The first-order valence-corrected chi connectivity index (χ1v) is 12.7. The lowest BCUT2D eigenvalue weighted by molar-refractivity contribution is -0.133. The molecule has 4 rings (SSSR count). The molecule has 0 saturated carbocycles. The lowest BCUT2D eigenvalue weighted by Gasteiger charge is -2.32. The Morgan fingerprint density at radius 2 is 2.03 bits per heavy atom. The van der Waals surface area contributed by atoms with Crippen molar-refractivity contribution in [2.24, 2.45) is 16.8 Å². The van der Waals surface area contributed by atoms with Gasteiger partial charge in [-0.15, -0.1) is 0 Å². The van der Waals surface area contributed by atoms with Crippen molar-refractivity contribution in [2.45, 2.75) is 31.6 Å². The van der Waals surface area contributed by atoms with Gasteiger partial charge >= 0.3 is 0 Å². The molecule has 2 aromatic carbocycles. The molecule has 0 atom stereocenters. The topological polar surface area (TPSA) is 110 Å². The number of nitrogens with zero attached hydrogens (tertiary/aromatic N) is 4. The fourth-order valence-electron chi connectivity index (χ4n) is 4.76. The van der Waals surface area contributed by atoms with Crippen LogP contribution in [0.5, 0.6) is 0 Å². The van der Waals surface area contributed by atoms with Gasteiger partial charge < -0.3 is 15.5 Å². The van der Waals surface area contributed by atoms with Crippen molar-refractivity contribution < 1.29 is 9.53 Å². The number of methoxy groups -OCH3 is 1. The molecule has 3 aromatic rings. The summed E-state index contributed by atoms with van der Waals surface area (Å²) in [5.41, 5.74) is 5.95. The van der Waals surface area contributed by atoms with Crippen molar-refractivity contribution in [3.05, 3.63) is 82.6 Å². The van der Waals surface area contributed by atoms with Gasteiger partial charge in [0.1, 0.15) is 6.34 Å². The van der Waals surface area contributed by atoms with Crippen LogP contribution in [0.25, 0.3) is 11.1 Å². The highest BCUT2D eigenvalue weighted by Gasteiger charge is 2.23. The molecule has 37 heavy (non-hydrogen) atoms. The van der Waals surface area contributed by atoms with E-state index in [-0.39, 0.29) is 5.91 Å². The average molecular weight is 521 g/mol. The van der Waals surface area contributed by atoms with Crippen LogP contribution in [0.2, 0.25) is 5.02 Å². The van der Waals surface area contributed by atoms with Crippen LogP contribution in [0.4, 0.5) is 5.69 Å². The summed E-state index contributed by atoms with van der Waals surface area (Å²) in [4.78, 5) is 19.0. The lowest BCUT2D eigenvalue weighted by Crippen LogP contribution is -2.38. The standard InChI is InChI=1S/C28H33ClN6O2/c1-37-14-11-28(36)34-12-9-21(10-13-34)22-4-2-3-20(15-22)16-25-7-5-23(18-32-25)26-17-24(29)6-8-27(26)35(31)19-33-30/h2-8,15,17-19,21H,9-14,16,30-31H2,1H3/b33-19-. The largest absolute Gasteiger partial charge is 0.384 e. The lowest BCUT2D eigenvalue weighted by atomic mass is 9.88. The predicted molar refractivity (Wildman–Crippen MR) is 148 cm³/mol. The molecule has 8 nitrogen and oxygen atoms in total. The number of rotatable bonds is 9. The van der Waals surface area contributed by atoms with Gasteiger partial charge in [-0.2, -0.15) is 5.10 Å². The van der Waals surface area contributed by atoms with E-state index in [1.165, 1.54) is 22.5 Å². The maximum atomic E-state index is 12.3. The average Bonchev–Trinajstić information content (AvgIpc) is 2.92. The minimum Gasteiger partial charge on any atom is -0.384 e. The van der Waals surface area contributed by atoms with Gasteiger partial charge in [-0.25, -0.2) is 5.84 Å². The number of carbonyl (C=O) groups excluding carboxylic acids is 1. The summed E-state index contributed by atoms with van der Waals surface area (Å²) in [5, 5.41) is 5.45. The van der Waals surface area contributed by atoms with E-state index >= 15 is 0 Å². The van der Waals surface area contributed by atoms with Crippen LogP contribution in [-0.4, -0.2) is 48.9 Å². The number of anilines is 1. The van der Waals surface area contributed by atoms with E-state index in [1.54, 1.807) is 13.2 Å². The maximum absolute atomic E-state index is 12.3. The highest BCUT2D eigenvalue weighted by atomic mass is 35.5. The number of hydrazine groups is 1. The van der Waals surface area contributed by atoms with Crippen LogP contribution in [-0.2, 0) is 16.0 Å². The maximum Gasteiger partial charge on any atom is 0.224 e. The number of benzene rings is 2. The van der Waals surface area contributed by atoms with E-state index in [9.17, 15) is 4.79 Å². The number of hydrogen-bond acceptors (Lipinski definition) is 6. The second kappa shape index (κ2) is 12.7. The molecular formula is C28H33ClN6O2. The van der Waals surface area contributed by atoms with Gasteiger partial charge in [-0.3, -0.25) is 14.8 Å². The van der Waals surface area contributed by atoms with Crippen molar-refractivity contribution in [1.29, 1.82) is 0 Å². The molecule has 1 aromatic heterocycles. The van der Waals surface area contributed by atoms with Gasteiger partial charge in [-0.05, 0) is 54.2 Å². The van der Waals surface area contributed by atoms with E-state index in [0.717, 1.165) is 49.2 Å². The third-order valence-corrected chi connectivity index (χ3v) is 6.97. The molecule has 1 aliphatic rings. The molecular weight excluding hydrogens is 488 g/mol. The summed E-state index contributed by atoms with van der Waals surface area (Å²) in [6, 6.07) is 18.2. The van der Waals surface area contributed by atoms with Gasteiger partial charge in [0.15, 0.2) is 0 Å². The third-order valence-electron chi connectivity index (χ3n) is 6.74. The summed E-state index contributed by atoms with van der Waals surface area (Å²) in [5.74, 6) is 12.0. The molecule has 0 spiro atoms. The van der Waals surface area contributed by atoms with Gasteiger partial charge in [0.2, 0.25) is 5.91 Å². The Morgan fingerprint density at radius 3 is 2.73 bits per heavy atom. The van der Waals surface area contributed by atoms with Crippen LogP contribution in [0.1, 0.15) is 42.0 Å². The molecule has 1 fully saturated rings. The van der Waals surface area contributed by atoms with E-state index in [1.807, 2.05) is 35.4 Å². The van der Waals surface area contributed by atoms with Crippen LogP contribution >= 0.6 is 11.6 Å². The number of nitrogens with two attached hydrogens (primary N) is 2. The first-order chi connectivity index (χ1) is 18.0. The molecule has 0 aliphatic carbocycles. The zero-order chi connectivity index (χ0) is 26.2. The van der Waals surface area contributed by atoms with Crippen LogP contribution in [0.3, 0.4) is 0 Å². The van der Waals surface area contributed by atoms with E-state index in [4.69, 9.17) is 33.0 Å². The fourth-order valence-corrected chi connectivity index (χ4v) is 4.94. The number of carbonyl (C=O) groups is 1. The van der Waals surface area contributed by atoms with Crippen LogP contribution < -0.4 is 16.7 Å². The first kappa shape index (κ1) is 26.6. The monoisotopic (exact) mass is 520 g/mol. The number of hydrogen-bond donors (Lipinski definition) is 2. The smallest absolute Gasteiger partial charge is 0.224 e. The zero-order valence-electron chi connectivity index (χ0n) is 21.0. The molecule has 0 unspecified atom stereocenters. The quantitative estimate of drug-likeness (QED) is 0.188. The molecule has 0 bridgehead atoms. The number of ether oxygens (including phenoxy) is 1. The van der Waals surface area contributed by atoms with Gasteiger partial charge in [0.25, 0.3) is 0 Å². The molecule has 9 heteroatoms. The second-order valence-electron chi connectivity index (χ2n) is 9.19. The number of aromatic nitrogens is 1. The number of halogens is 1. The van der Waals surface area contributed by atoms with Gasteiger partial charge in [0, 0.05) is 54.7 Å². The molecule has 1 amide bonds. The second-order valence-corrected chi connectivity index (χ2v) is 9.63. The molecule has 4 N–H and O–H groups in total. The Balaban J connectivity index is 1.42. The fraction of sp³-hybridized carbons (Fsp3) is 0.321.